The Morgan fingerprint density at radius 2 is 2.10 bits per heavy atom. The molecular formula is C21H22ClFN2O4. The molecule has 154 valence electrons. The van der Waals surface area contributed by atoms with Crippen molar-refractivity contribution in [3.63, 3.8) is 0 Å². The standard InChI is InChI=1S/C21H22ClFN2O4/c1-21(2,3)29-20(27)25-7-6-13-8-15(11-26)19(24-18(13)10-25)28-12-14-4-5-16(22)9-17(14)23/h4-5,8-9,11H,6-7,10,12H2,1-3H3. The molecule has 1 amide bonds. The second-order valence-electron chi connectivity index (χ2n) is 7.78. The van der Waals surface area contributed by atoms with Crippen molar-refractivity contribution < 1.29 is 23.5 Å². The van der Waals surface area contributed by atoms with Crippen LogP contribution >= 0.6 is 11.6 Å². The van der Waals surface area contributed by atoms with Gasteiger partial charge in [-0.25, -0.2) is 14.2 Å². The van der Waals surface area contributed by atoms with Crippen LogP contribution in [0.4, 0.5) is 9.18 Å². The van der Waals surface area contributed by atoms with Gasteiger partial charge in [0, 0.05) is 17.1 Å². The molecule has 0 fully saturated rings. The minimum Gasteiger partial charge on any atom is -0.472 e. The number of ether oxygens (including phenoxy) is 2. The Labute approximate surface area is 173 Å². The maximum Gasteiger partial charge on any atom is 0.410 e. The number of amides is 1. The van der Waals surface area contributed by atoms with Crippen LogP contribution < -0.4 is 4.74 Å². The fraction of sp³-hybridized carbons (Fsp3) is 0.381. The van der Waals surface area contributed by atoms with Gasteiger partial charge in [0.1, 0.15) is 18.0 Å². The first kappa shape index (κ1) is 21.0. The summed E-state index contributed by atoms with van der Waals surface area (Å²) in [7, 11) is 0. The van der Waals surface area contributed by atoms with E-state index in [1.54, 1.807) is 37.8 Å². The molecule has 0 radical (unpaired) electrons. The fourth-order valence-corrected chi connectivity index (χ4v) is 3.09. The minimum atomic E-state index is -0.594. The summed E-state index contributed by atoms with van der Waals surface area (Å²) in [4.78, 5) is 29.8. The molecule has 1 aliphatic rings. The van der Waals surface area contributed by atoms with Gasteiger partial charge in [-0.15, -0.1) is 0 Å². The molecular weight excluding hydrogens is 399 g/mol. The van der Waals surface area contributed by atoms with Crippen molar-refractivity contribution in [2.45, 2.75) is 45.9 Å². The van der Waals surface area contributed by atoms with Crippen molar-refractivity contribution in [2.75, 3.05) is 6.54 Å². The first-order valence-corrected chi connectivity index (χ1v) is 9.56. The van der Waals surface area contributed by atoms with Crippen LogP contribution in [0.2, 0.25) is 5.02 Å². The second-order valence-corrected chi connectivity index (χ2v) is 8.22. The number of benzene rings is 1. The molecule has 3 rings (SSSR count). The molecule has 1 aromatic heterocycles. The third-order valence-corrected chi connectivity index (χ3v) is 4.57. The summed E-state index contributed by atoms with van der Waals surface area (Å²) in [5.74, 6) is -0.404. The molecule has 0 unspecified atom stereocenters. The Hall–Kier alpha value is -2.67. The Balaban J connectivity index is 1.79. The summed E-state index contributed by atoms with van der Waals surface area (Å²) in [6, 6.07) is 5.97. The van der Waals surface area contributed by atoms with E-state index in [9.17, 15) is 14.0 Å². The van der Waals surface area contributed by atoms with Crippen LogP contribution in [0.3, 0.4) is 0 Å². The molecule has 29 heavy (non-hydrogen) atoms. The summed E-state index contributed by atoms with van der Waals surface area (Å²) in [6.07, 6.45) is 0.783. The number of nitrogens with zero attached hydrogens (tertiary/aromatic N) is 2. The zero-order valence-electron chi connectivity index (χ0n) is 16.5. The Kier molecular flexibility index (Phi) is 6.07. The molecule has 0 atom stereocenters. The van der Waals surface area contributed by atoms with Crippen molar-refractivity contribution in [3.8, 4) is 5.88 Å². The van der Waals surface area contributed by atoms with Crippen molar-refractivity contribution in [1.82, 2.24) is 9.88 Å². The van der Waals surface area contributed by atoms with Gasteiger partial charge in [0.15, 0.2) is 6.29 Å². The van der Waals surface area contributed by atoms with Crippen LogP contribution in [-0.4, -0.2) is 34.4 Å². The SMILES string of the molecule is CC(C)(C)OC(=O)N1CCc2cc(C=O)c(OCc3ccc(Cl)cc3F)nc2C1. The molecule has 0 saturated heterocycles. The molecule has 0 saturated carbocycles. The summed E-state index contributed by atoms with van der Waals surface area (Å²) in [5, 5.41) is 0.286. The van der Waals surface area contributed by atoms with E-state index in [1.807, 2.05) is 0 Å². The van der Waals surface area contributed by atoms with Crippen LogP contribution in [0.5, 0.6) is 5.88 Å². The van der Waals surface area contributed by atoms with Gasteiger partial charge in [-0.3, -0.25) is 4.79 Å². The summed E-state index contributed by atoms with van der Waals surface area (Å²) in [6.45, 7) is 6.02. The lowest BCUT2D eigenvalue weighted by Crippen LogP contribution is -2.40. The third-order valence-electron chi connectivity index (χ3n) is 4.33. The highest BCUT2D eigenvalue weighted by molar-refractivity contribution is 6.30. The molecule has 6 nitrogen and oxygen atoms in total. The van der Waals surface area contributed by atoms with Crippen LogP contribution in [0, 0.1) is 5.82 Å². The average molecular weight is 421 g/mol. The summed E-state index contributed by atoms with van der Waals surface area (Å²) < 4.78 is 25.0. The molecule has 0 bridgehead atoms. The number of aldehydes is 1. The average Bonchev–Trinajstić information content (AvgIpc) is 2.64. The highest BCUT2D eigenvalue weighted by Gasteiger charge is 2.27. The van der Waals surface area contributed by atoms with Gasteiger partial charge in [0.25, 0.3) is 0 Å². The number of halogens is 2. The quantitative estimate of drug-likeness (QED) is 0.678. The van der Waals surface area contributed by atoms with E-state index in [0.29, 0.717) is 30.5 Å². The highest BCUT2D eigenvalue weighted by Crippen LogP contribution is 2.26. The third kappa shape index (κ3) is 5.23. The van der Waals surface area contributed by atoms with Gasteiger partial charge in [-0.1, -0.05) is 17.7 Å². The van der Waals surface area contributed by atoms with Gasteiger partial charge in [-0.05, 0) is 51.0 Å². The lowest BCUT2D eigenvalue weighted by molar-refractivity contribution is 0.0220. The topological polar surface area (TPSA) is 68.7 Å². The van der Waals surface area contributed by atoms with Gasteiger partial charge in [0.05, 0.1) is 17.8 Å². The summed E-state index contributed by atoms with van der Waals surface area (Å²) in [5.41, 5.74) is 1.48. The van der Waals surface area contributed by atoms with Gasteiger partial charge in [-0.2, -0.15) is 0 Å². The number of hydrogen-bond acceptors (Lipinski definition) is 5. The van der Waals surface area contributed by atoms with E-state index in [-0.39, 0.29) is 29.6 Å². The van der Waals surface area contributed by atoms with Gasteiger partial charge >= 0.3 is 6.09 Å². The molecule has 2 heterocycles. The predicted molar refractivity (Wildman–Crippen MR) is 106 cm³/mol. The Morgan fingerprint density at radius 1 is 1.34 bits per heavy atom. The van der Waals surface area contributed by atoms with E-state index >= 15 is 0 Å². The maximum atomic E-state index is 14.0. The van der Waals surface area contributed by atoms with E-state index in [2.05, 4.69) is 4.98 Å². The molecule has 0 N–H and O–H groups in total. The lowest BCUT2D eigenvalue weighted by Gasteiger charge is -2.31. The smallest absolute Gasteiger partial charge is 0.410 e. The van der Waals surface area contributed by atoms with Crippen molar-refractivity contribution in [3.05, 3.63) is 57.5 Å². The van der Waals surface area contributed by atoms with Crippen molar-refractivity contribution in [2.24, 2.45) is 0 Å². The summed E-state index contributed by atoms with van der Waals surface area (Å²) >= 11 is 5.76. The minimum absolute atomic E-state index is 0.0964. The Bertz CT molecular complexity index is 943. The number of carbonyl (C=O) groups is 2. The van der Waals surface area contributed by atoms with E-state index in [1.165, 1.54) is 12.1 Å². The van der Waals surface area contributed by atoms with Crippen molar-refractivity contribution in [1.29, 1.82) is 0 Å². The second kappa shape index (κ2) is 8.37. The van der Waals surface area contributed by atoms with E-state index in [0.717, 1.165) is 5.56 Å². The van der Waals surface area contributed by atoms with Crippen LogP contribution in [0.25, 0.3) is 0 Å². The number of rotatable bonds is 4. The first-order valence-electron chi connectivity index (χ1n) is 9.19. The monoisotopic (exact) mass is 420 g/mol. The number of hydrogen-bond donors (Lipinski definition) is 0. The van der Waals surface area contributed by atoms with Gasteiger partial charge in [0.2, 0.25) is 5.88 Å². The van der Waals surface area contributed by atoms with E-state index < -0.39 is 17.5 Å². The maximum absolute atomic E-state index is 14.0. The zero-order chi connectivity index (χ0) is 21.2. The lowest BCUT2D eigenvalue weighted by atomic mass is 10.0. The molecule has 1 aromatic carbocycles. The van der Waals surface area contributed by atoms with Crippen LogP contribution in [-0.2, 0) is 24.3 Å². The van der Waals surface area contributed by atoms with Crippen molar-refractivity contribution >= 4 is 24.0 Å². The number of carbonyl (C=O) groups excluding carboxylic acids is 2. The molecule has 8 heteroatoms. The fourth-order valence-electron chi connectivity index (χ4n) is 2.93. The van der Waals surface area contributed by atoms with Gasteiger partial charge < -0.3 is 14.4 Å². The van der Waals surface area contributed by atoms with Crippen LogP contribution in [0.15, 0.2) is 24.3 Å². The number of aromatic nitrogens is 1. The number of fused-ring (bicyclic) bond motifs is 1. The first-order chi connectivity index (χ1) is 13.7. The molecule has 0 spiro atoms. The van der Waals surface area contributed by atoms with E-state index in [4.69, 9.17) is 21.1 Å². The zero-order valence-corrected chi connectivity index (χ0v) is 17.3. The number of pyridine rings is 1. The largest absolute Gasteiger partial charge is 0.472 e. The normalized spacial score (nSPS) is 13.6. The predicted octanol–water partition coefficient (Wildman–Crippen LogP) is 4.56. The Morgan fingerprint density at radius 3 is 2.76 bits per heavy atom. The molecule has 1 aliphatic heterocycles. The highest BCUT2D eigenvalue weighted by atomic mass is 35.5. The molecule has 0 aliphatic carbocycles. The van der Waals surface area contributed by atoms with Crippen LogP contribution in [0.1, 0.15) is 48.0 Å². The molecule has 2 aromatic rings.